The van der Waals surface area contributed by atoms with Crippen molar-refractivity contribution in [3.63, 3.8) is 0 Å². The van der Waals surface area contributed by atoms with Crippen LogP contribution in [-0.4, -0.2) is 40.5 Å². The molecule has 0 saturated carbocycles. The Labute approximate surface area is 181 Å². The monoisotopic (exact) mass is 417 g/mol. The van der Waals surface area contributed by atoms with E-state index in [0.717, 1.165) is 41.2 Å². The highest BCUT2D eigenvalue weighted by Crippen LogP contribution is 2.32. The van der Waals surface area contributed by atoms with E-state index in [1.165, 1.54) is 5.56 Å². The molecule has 0 aliphatic carbocycles. The molecule has 160 valence electrons. The molecule has 0 fully saturated rings. The lowest BCUT2D eigenvalue weighted by atomic mass is 9.95. The van der Waals surface area contributed by atoms with Crippen molar-refractivity contribution < 1.29 is 9.90 Å². The van der Waals surface area contributed by atoms with Crippen LogP contribution in [0.15, 0.2) is 53.5 Å². The molecule has 0 bridgehead atoms. The third kappa shape index (κ3) is 4.60. The summed E-state index contributed by atoms with van der Waals surface area (Å²) in [4.78, 5) is 17.2. The van der Waals surface area contributed by atoms with Crippen molar-refractivity contribution >= 4 is 18.4 Å². The van der Waals surface area contributed by atoms with Crippen molar-refractivity contribution in [3.8, 4) is 5.75 Å². The average molecular weight is 418 g/mol. The summed E-state index contributed by atoms with van der Waals surface area (Å²) in [5.41, 5.74) is 5.07. The molecule has 0 radical (unpaired) electrons. The van der Waals surface area contributed by atoms with Crippen molar-refractivity contribution in [1.29, 1.82) is 0 Å². The number of hydrogen-bond acceptors (Lipinski definition) is 5. The van der Waals surface area contributed by atoms with Crippen LogP contribution in [-0.2, 0) is 17.6 Å². The number of carbonyl (C=O) groups excluding carboxylic acids is 1. The fraction of sp³-hybridized carbons (Fsp3) is 0.292. The van der Waals surface area contributed by atoms with Gasteiger partial charge in [0, 0.05) is 30.6 Å². The molecule has 31 heavy (non-hydrogen) atoms. The largest absolute Gasteiger partial charge is 0.508 e. The average Bonchev–Trinajstić information content (AvgIpc) is 3.17. The number of aliphatic imine (C=N–C) groups is 1. The van der Waals surface area contributed by atoms with Gasteiger partial charge in [-0.2, -0.15) is 5.10 Å². The molecule has 4 rings (SSSR count). The Morgan fingerprint density at radius 3 is 2.87 bits per heavy atom. The lowest BCUT2D eigenvalue weighted by Crippen LogP contribution is -2.39. The second-order valence-electron chi connectivity index (χ2n) is 7.92. The minimum atomic E-state index is -0.606. The number of carbonyl (C=O) groups is 1. The van der Waals surface area contributed by atoms with Crippen molar-refractivity contribution in [2.75, 3.05) is 11.9 Å². The van der Waals surface area contributed by atoms with Gasteiger partial charge in [0.25, 0.3) is 0 Å². The minimum Gasteiger partial charge on any atom is -0.508 e. The van der Waals surface area contributed by atoms with E-state index in [9.17, 15) is 9.90 Å². The fourth-order valence-electron chi connectivity index (χ4n) is 4.08. The molecular formula is C24H27N5O2. The summed E-state index contributed by atoms with van der Waals surface area (Å²) in [5, 5.41) is 23.7. The number of benzene rings is 2. The van der Waals surface area contributed by atoms with Gasteiger partial charge in [-0.3, -0.25) is 14.9 Å². The van der Waals surface area contributed by atoms with Gasteiger partial charge in [0.15, 0.2) is 5.82 Å². The third-order valence-corrected chi connectivity index (χ3v) is 5.76. The van der Waals surface area contributed by atoms with Crippen molar-refractivity contribution in [2.24, 2.45) is 4.99 Å². The molecule has 7 nitrogen and oxygen atoms in total. The molecule has 1 aliphatic heterocycles. The number of aryl methyl sites for hydroxylation is 1. The number of phenols is 1. The Bertz CT molecular complexity index is 1080. The van der Waals surface area contributed by atoms with Gasteiger partial charge >= 0.3 is 0 Å². The Balaban J connectivity index is 1.51. The molecule has 1 aromatic heterocycles. The molecule has 4 N–H and O–H groups in total. The van der Waals surface area contributed by atoms with Crippen LogP contribution in [0.4, 0.5) is 5.82 Å². The molecule has 2 aromatic carbocycles. The summed E-state index contributed by atoms with van der Waals surface area (Å²) in [6.07, 6.45) is 1.91. The molecule has 1 aliphatic rings. The van der Waals surface area contributed by atoms with Crippen molar-refractivity contribution in [2.45, 2.75) is 38.3 Å². The first-order valence-electron chi connectivity index (χ1n) is 10.4. The number of amides is 1. The van der Waals surface area contributed by atoms with E-state index in [0.29, 0.717) is 12.8 Å². The van der Waals surface area contributed by atoms with Gasteiger partial charge in [-0.1, -0.05) is 36.4 Å². The zero-order valence-electron chi connectivity index (χ0n) is 17.6. The smallest absolute Gasteiger partial charge is 0.245 e. The molecule has 2 heterocycles. The van der Waals surface area contributed by atoms with Gasteiger partial charge < -0.3 is 15.7 Å². The summed E-state index contributed by atoms with van der Waals surface area (Å²) in [5.74, 6) is 0.842. The minimum absolute atomic E-state index is 0.147. The number of nitrogens with zero attached hydrogens (tertiary/aromatic N) is 2. The second kappa shape index (κ2) is 9.04. The summed E-state index contributed by atoms with van der Waals surface area (Å²) >= 11 is 0. The van der Waals surface area contributed by atoms with Crippen molar-refractivity contribution in [1.82, 2.24) is 15.5 Å². The van der Waals surface area contributed by atoms with E-state index >= 15 is 0 Å². The number of anilines is 1. The van der Waals surface area contributed by atoms with E-state index in [4.69, 9.17) is 0 Å². The molecule has 0 saturated heterocycles. The van der Waals surface area contributed by atoms with Crippen LogP contribution >= 0.6 is 0 Å². The SMILES string of the molecule is C=N[C@@H](Cc1ccc(O)cc1C)C(=O)N[C@@H]1CCNc2n[nH]c(Cc3ccccc3)c21. The Morgan fingerprint density at radius 2 is 2.13 bits per heavy atom. The van der Waals surface area contributed by atoms with Gasteiger partial charge in [0.1, 0.15) is 11.8 Å². The highest BCUT2D eigenvalue weighted by molar-refractivity contribution is 5.83. The highest BCUT2D eigenvalue weighted by Gasteiger charge is 2.29. The number of phenolic OH excluding ortho intramolecular Hbond substituents is 1. The maximum atomic E-state index is 13.1. The number of hydrogen-bond donors (Lipinski definition) is 4. The van der Waals surface area contributed by atoms with Crippen LogP contribution in [0.1, 0.15) is 40.4 Å². The molecule has 1 amide bonds. The van der Waals surface area contributed by atoms with E-state index in [2.05, 4.69) is 44.7 Å². The zero-order valence-corrected chi connectivity index (χ0v) is 17.6. The normalized spacial score (nSPS) is 16.1. The molecule has 2 atom stereocenters. The first-order chi connectivity index (χ1) is 15.0. The number of H-pyrrole nitrogens is 1. The van der Waals surface area contributed by atoms with Gasteiger partial charge in [-0.15, -0.1) is 0 Å². The predicted octanol–water partition coefficient (Wildman–Crippen LogP) is 3.30. The van der Waals surface area contributed by atoms with Gasteiger partial charge in [0.2, 0.25) is 5.91 Å². The molecule has 3 aromatic rings. The van der Waals surface area contributed by atoms with Crippen molar-refractivity contribution in [3.05, 3.63) is 76.5 Å². The third-order valence-electron chi connectivity index (χ3n) is 5.76. The standard InChI is InChI=1S/C24H27N5O2/c1-15-12-18(30)9-8-17(15)14-21(25-2)24(31)27-19-10-11-26-23-22(19)20(28-29-23)13-16-6-4-3-5-7-16/h3-9,12,19,21,30H,2,10-11,13-14H2,1H3,(H,27,31)(H2,26,28,29)/t19-,21+/m1/s1. The number of aromatic amines is 1. The topological polar surface area (TPSA) is 102 Å². The number of rotatable bonds is 7. The maximum absolute atomic E-state index is 13.1. The highest BCUT2D eigenvalue weighted by atomic mass is 16.3. The van der Waals surface area contributed by atoms with Crippen LogP contribution in [0.25, 0.3) is 0 Å². The van der Waals surface area contributed by atoms with Gasteiger partial charge in [-0.05, 0) is 48.9 Å². The second-order valence-corrected chi connectivity index (χ2v) is 7.92. The van der Waals surface area contributed by atoms with Crippen LogP contribution in [0.3, 0.4) is 0 Å². The van der Waals surface area contributed by atoms with Gasteiger partial charge in [-0.25, -0.2) is 0 Å². The van der Waals surface area contributed by atoms with Crippen LogP contribution < -0.4 is 10.6 Å². The predicted molar refractivity (Wildman–Crippen MR) is 122 cm³/mol. The van der Waals surface area contributed by atoms with Gasteiger partial charge in [0.05, 0.1) is 6.04 Å². The van der Waals surface area contributed by atoms with E-state index in [1.807, 2.05) is 31.2 Å². The Hall–Kier alpha value is -3.61. The van der Waals surface area contributed by atoms with Crippen LogP contribution in [0, 0.1) is 6.92 Å². The first-order valence-corrected chi connectivity index (χ1v) is 10.4. The van der Waals surface area contributed by atoms with Crippen LogP contribution in [0.2, 0.25) is 0 Å². The fourth-order valence-corrected chi connectivity index (χ4v) is 4.08. The van der Waals surface area contributed by atoms with E-state index in [-0.39, 0.29) is 17.7 Å². The Kier molecular flexibility index (Phi) is 6.02. The van der Waals surface area contributed by atoms with Crippen LogP contribution in [0.5, 0.6) is 5.75 Å². The summed E-state index contributed by atoms with van der Waals surface area (Å²) in [6, 6.07) is 14.6. The van der Waals surface area contributed by atoms with E-state index in [1.54, 1.807) is 12.1 Å². The maximum Gasteiger partial charge on any atom is 0.245 e. The quantitative estimate of drug-likeness (QED) is 0.443. The number of aromatic hydroxyl groups is 1. The zero-order chi connectivity index (χ0) is 21.8. The molecular weight excluding hydrogens is 390 g/mol. The molecule has 0 unspecified atom stereocenters. The Morgan fingerprint density at radius 1 is 1.32 bits per heavy atom. The van der Waals surface area contributed by atoms with E-state index < -0.39 is 6.04 Å². The summed E-state index contributed by atoms with van der Waals surface area (Å²) < 4.78 is 0. The summed E-state index contributed by atoms with van der Waals surface area (Å²) in [6.45, 7) is 6.28. The lowest BCUT2D eigenvalue weighted by Gasteiger charge is -2.26. The number of nitrogens with one attached hydrogen (secondary N) is 3. The lowest BCUT2D eigenvalue weighted by molar-refractivity contribution is -0.123. The first kappa shape index (κ1) is 20.7. The summed E-state index contributed by atoms with van der Waals surface area (Å²) in [7, 11) is 0. The number of fused-ring (bicyclic) bond motifs is 1. The number of aromatic nitrogens is 2. The molecule has 0 spiro atoms. The molecule has 7 heteroatoms.